The number of carbonyl (C=O) groups is 1. The predicted octanol–water partition coefficient (Wildman–Crippen LogP) is -1.19. The topological polar surface area (TPSA) is 206 Å². The summed E-state index contributed by atoms with van der Waals surface area (Å²) in [5.41, 5.74) is 6.14. The lowest BCUT2D eigenvalue weighted by molar-refractivity contribution is -0.140. The summed E-state index contributed by atoms with van der Waals surface area (Å²) in [6, 6.07) is -1.33. The monoisotopic (exact) mass is 390 g/mol. The number of fused-ring (bicyclic) bond motifs is 1. The second kappa shape index (κ2) is 7.93. The number of carboxylic acids is 1. The molecule has 0 spiro atoms. The molecule has 0 unspecified atom stereocenters. The zero-order valence-corrected chi connectivity index (χ0v) is 14.6. The van der Waals surface area contributed by atoms with Crippen LogP contribution in [-0.2, 0) is 20.6 Å². The molecule has 0 aliphatic heterocycles. The number of aliphatic hydroxyl groups excluding tert-OH is 1. The Hall–Kier alpha value is -2.31. The minimum Gasteiger partial charge on any atom is -0.480 e. The van der Waals surface area contributed by atoms with Gasteiger partial charge in [-0.05, 0) is 6.92 Å². The zero-order chi connectivity index (χ0) is 19.5. The normalized spacial score (nSPS) is 14.3. The fourth-order valence-electron chi connectivity index (χ4n) is 2.11. The molecule has 0 aliphatic carbocycles. The number of hydrogen-bond acceptors (Lipinski definition) is 9. The second-order valence-corrected chi connectivity index (χ2v) is 7.03. The first-order chi connectivity index (χ1) is 12.1. The molecule has 26 heavy (non-hydrogen) atoms. The highest BCUT2D eigenvalue weighted by molar-refractivity contribution is 7.51. The number of nitrogens with zero attached hydrogens (tertiary/aromatic N) is 4. The molecule has 0 aliphatic rings. The molecular formula is C12H19N6O7P. The van der Waals surface area contributed by atoms with E-state index in [1.807, 2.05) is 0 Å². The summed E-state index contributed by atoms with van der Waals surface area (Å²) in [5, 5.41) is 21.3. The van der Waals surface area contributed by atoms with Crippen LogP contribution in [0, 0.1) is 0 Å². The van der Waals surface area contributed by atoms with Crippen LogP contribution in [-0.4, -0.2) is 70.6 Å². The summed E-state index contributed by atoms with van der Waals surface area (Å²) in [7, 11) is -4.25. The molecule has 2 aromatic heterocycles. The van der Waals surface area contributed by atoms with Crippen molar-refractivity contribution >= 4 is 36.5 Å². The zero-order valence-electron chi connectivity index (χ0n) is 13.7. The van der Waals surface area contributed by atoms with Crippen molar-refractivity contribution in [3.63, 3.8) is 0 Å². The van der Waals surface area contributed by atoms with Gasteiger partial charge in [0.25, 0.3) is 0 Å². The number of anilines is 2. The quantitative estimate of drug-likeness (QED) is 0.221. The third kappa shape index (κ3) is 5.09. The van der Waals surface area contributed by atoms with Gasteiger partial charge >= 0.3 is 13.6 Å². The molecule has 2 rings (SSSR count). The van der Waals surface area contributed by atoms with Gasteiger partial charge in [-0.15, -0.1) is 0 Å². The number of aliphatic carboxylic acids is 1. The molecule has 0 fully saturated rings. The molecule has 0 bridgehead atoms. The van der Waals surface area contributed by atoms with E-state index in [4.69, 9.17) is 25.4 Å². The van der Waals surface area contributed by atoms with Gasteiger partial charge in [-0.2, -0.15) is 9.97 Å². The van der Waals surface area contributed by atoms with E-state index in [1.165, 1.54) is 17.8 Å². The predicted molar refractivity (Wildman–Crippen MR) is 89.3 cm³/mol. The molecule has 0 radical (unpaired) electrons. The van der Waals surface area contributed by atoms with Gasteiger partial charge in [0, 0.05) is 6.54 Å². The Bertz CT molecular complexity index is 835. The van der Waals surface area contributed by atoms with Crippen LogP contribution in [0.4, 0.5) is 11.8 Å². The van der Waals surface area contributed by atoms with Crippen molar-refractivity contribution in [1.82, 2.24) is 19.5 Å². The minimum atomic E-state index is -4.25. The van der Waals surface area contributed by atoms with Gasteiger partial charge in [-0.25, -0.2) is 9.78 Å². The average molecular weight is 390 g/mol. The highest BCUT2D eigenvalue weighted by Gasteiger charge is 2.25. The summed E-state index contributed by atoms with van der Waals surface area (Å²) in [6.07, 6.45) is -0.539. The van der Waals surface area contributed by atoms with Gasteiger partial charge in [0.1, 0.15) is 6.35 Å². The molecule has 0 saturated heterocycles. The molecule has 7 N–H and O–H groups in total. The lowest BCUT2D eigenvalue weighted by atomic mass is 10.2. The Balaban J connectivity index is 2.22. The van der Waals surface area contributed by atoms with Crippen LogP contribution in [0.15, 0.2) is 6.33 Å². The number of nitrogens with one attached hydrogen (secondary N) is 1. The van der Waals surface area contributed by atoms with Crippen molar-refractivity contribution in [1.29, 1.82) is 0 Å². The van der Waals surface area contributed by atoms with E-state index < -0.39 is 32.1 Å². The molecule has 2 aromatic rings. The first kappa shape index (κ1) is 20.0. The van der Waals surface area contributed by atoms with Crippen LogP contribution >= 0.6 is 7.60 Å². The fourth-order valence-corrected chi connectivity index (χ4v) is 2.47. The van der Waals surface area contributed by atoms with Gasteiger partial charge in [0.05, 0.1) is 19.0 Å². The number of carboxylic acid groups (broad SMARTS) is 1. The highest BCUT2D eigenvalue weighted by Crippen LogP contribution is 2.33. The molecule has 2 heterocycles. The lowest BCUT2D eigenvalue weighted by Crippen LogP contribution is -2.39. The number of nitrogens with two attached hydrogens (primary N) is 1. The Labute approximate surface area is 147 Å². The van der Waals surface area contributed by atoms with E-state index in [2.05, 4.69) is 20.3 Å². The molecule has 0 saturated carbocycles. The average Bonchev–Trinajstić information content (AvgIpc) is 2.90. The third-order valence-electron chi connectivity index (χ3n) is 3.26. The van der Waals surface area contributed by atoms with Crippen molar-refractivity contribution in [2.24, 2.45) is 0 Å². The Kier molecular flexibility index (Phi) is 6.10. The maximum absolute atomic E-state index is 11.2. The number of aromatic nitrogens is 4. The van der Waals surface area contributed by atoms with Crippen LogP contribution in [0.1, 0.15) is 6.92 Å². The smallest absolute Gasteiger partial charge is 0.350 e. The van der Waals surface area contributed by atoms with Crippen molar-refractivity contribution < 1.29 is 34.1 Å². The fraction of sp³-hybridized carbons (Fsp3) is 0.500. The SMILES string of the molecule is C[C@@H](O)[C@H](Nc1nc(N)nc2c1ncn2CCOCP(=O)(O)O)C(=O)O. The van der Waals surface area contributed by atoms with Gasteiger partial charge in [0.2, 0.25) is 5.95 Å². The van der Waals surface area contributed by atoms with Crippen molar-refractivity contribution in [3.8, 4) is 0 Å². The molecule has 14 heteroatoms. The summed E-state index contributed by atoms with van der Waals surface area (Å²) in [6.45, 7) is 1.46. The van der Waals surface area contributed by atoms with E-state index in [1.54, 1.807) is 0 Å². The maximum atomic E-state index is 11.2. The molecule has 2 atom stereocenters. The maximum Gasteiger partial charge on any atom is 0.350 e. The van der Waals surface area contributed by atoms with Crippen molar-refractivity contribution in [3.05, 3.63) is 6.33 Å². The van der Waals surface area contributed by atoms with Crippen LogP contribution in [0.2, 0.25) is 0 Å². The van der Waals surface area contributed by atoms with Gasteiger partial charge < -0.3 is 40.4 Å². The van der Waals surface area contributed by atoms with E-state index in [-0.39, 0.29) is 36.1 Å². The van der Waals surface area contributed by atoms with Gasteiger partial charge in [-0.3, -0.25) is 4.57 Å². The summed E-state index contributed by atoms with van der Waals surface area (Å²) in [5.74, 6) is -1.39. The molecule has 144 valence electrons. The van der Waals surface area contributed by atoms with Crippen LogP contribution in [0.25, 0.3) is 11.2 Å². The van der Waals surface area contributed by atoms with Crippen LogP contribution < -0.4 is 11.1 Å². The van der Waals surface area contributed by atoms with Crippen LogP contribution in [0.3, 0.4) is 0 Å². The summed E-state index contributed by atoms with van der Waals surface area (Å²) < 4.78 is 17.1. The van der Waals surface area contributed by atoms with E-state index in [9.17, 15) is 14.5 Å². The molecular weight excluding hydrogens is 371 g/mol. The second-order valence-electron chi connectivity index (χ2n) is 5.44. The highest BCUT2D eigenvalue weighted by atomic mass is 31.2. The third-order valence-corrected chi connectivity index (χ3v) is 3.78. The standard InChI is InChI=1S/C12H19N6O7P/c1-6(19)7(11(20)21)15-9-8-10(17-12(13)16-9)18(4-14-8)2-3-25-5-26(22,23)24/h4,6-7,19H,2-3,5H2,1H3,(H,20,21)(H2,22,23,24)(H3,13,15,16,17)/t6-,7+/m1/s1. The van der Waals surface area contributed by atoms with E-state index in [0.717, 1.165) is 0 Å². The summed E-state index contributed by atoms with van der Waals surface area (Å²) >= 11 is 0. The number of imidazole rings is 1. The van der Waals surface area contributed by atoms with Crippen molar-refractivity contribution in [2.75, 3.05) is 24.0 Å². The Morgan fingerprint density at radius 2 is 2.15 bits per heavy atom. The number of ether oxygens (including phenoxy) is 1. The van der Waals surface area contributed by atoms with Crippen LogP contribution in [0.5, 0.6) is 0 Å². The van der Waals surface area contributed by atoms with E-state index in [0.29, 0.717) is 0 Å². The van der Waals surface area contributed by atoms with Gasteiger partial charge in [0.15, 0.2) is 23.0 Å². The largest absolute Gasteiger partial charge is 0.480 e. The first-order valence-electron chi connectivity index (χ1n) is 7.36. The Morgan fingerprint density at radius 1 is 1.46 bits per heavy atom. The number of nitrogen functional groups attached to an aromatic ring is 1. The number of rotatable bonds is 9. The van der Waals surface area contributed by atoms with Gasteiger partial charge in [-0.1, -0.05) is 0 Å². The van der Waals surface area contributed by atoms with Crippen molar-refractivity contribution in [2.45, 2.75) is 25.6 Å². The number of hydrogen-bond donors (Lipinski definition) is 6. The van der Waals surface area contributed by atoms with E-state index >= 15 is 0 Å². The molecule has 0 aromatic carbocycles. The Morgan fingerprint density at radius 3 is 2.73 bits per heavy atom. The first-order valence-corrected chi connectivity index (χ1v) is 9.16. The lowest BCUT2D eigenvalue weighted by Gasteiger charge is -2.17. The number of aliphatic hydroxyl groups is 1. The molecule has 13 nitrogen and oxygen atoms in total. The minimum absolute atomic E-state index is 0.0192. The molecule has 0 amide bonds. The summed E-state index contributed by atoms with van der Waals surface area (Å²) in [4.78, 5) is 40.8.